The molecule has 0 bridgehead atoms. The number of carbonyl (C=O) groups is 1. The summed E-state index contributed by atoms with van der Waals surface area (Å²) in [5.41, 5.74) is 9.03. The number of aryl methyl sites for hydroxylation is 2. The van der Waals surface area contributed by atoms with E-state index in [1.54, 1.807) is 31.1 Å². The number of morpholine rings is 1. The van der Waals surface area contributed by atoms with Crippen molar-refractivity contribution in [1.29, 1.82) is 0 Å². The lowest BCUT2D eigenvalue weighted by atomic mass is 10.1. The Morgan fingerprint density at radius 1 is 1.44 bits per heavy atom. The fourth-order valence-corrected chi connectivity index (χ4v) is 2.92. The molecule has 1 amide bonds. The third kappa shape index (κ3) is 3.64. The van der Waals surface area contributed by atoms with Crippen LogP contribution in [0.5, 0.6) is 0 Å². The van der Waals surface area contributed by atoms with Gasteiger partial charge in [0.05, 0.1) is 31.0 Å². The van der Waals surface area contributed by atoms with Gasteiger partial charge in [0.25, 0.3) is 5.91 Å². The molecule has 134 valence electrons. The third-order valence-corrected chi connectivity index (χ3v) is 4.16. The number of hydrogen-bond donors (Lipinski definition) is 1. The number of anilines is 1. The highest BCUT2D eigenvalue weighted by atomic mass is 16.5. The molecular weight excluding hydrogens is 324 g/mol. The van der Waals surface area contributed by atoms with Crippen molar-refractivity contribution in [2.24, 2.45) is 0 Å². The summed E-state index contributed by atoms with van der Waals surface area (Å²) in [6.45, 7) is 5.20. The maximum absolute atomic E-state index is 12.9. The van der Waals surface area contributed by atoms with E-state index < -0.39 is 0 Å². The Bertz CT molecular complexity index is 754. The lowest BCUT2D eigenvalue weighted by Gasteiger charge is -2.32. The van der Waals surface area contributed by atoms with Crippen LogP contribution in [0.3, 0.4) is 0 Å². The normalized spacial score (nSPS) is 17.7. The molecule has 3 heterocycles. The molecule has 0 aromatic carbocycles. The van der Waals surface area contributed by atoms with E-state index in [4.69, 9.17) is 19.7 Å². The molecule has 3 rings (SSSR count). The van der Waals surface area contributed by atoms with Crippen LogP contribution in [0, 0.1) is 13.8 Å². The SMILES string of the molecule is COCc1c(C(=O)N2CCO[C@@H](c3cc(N)cc(C)n3)C2)noc1C. The molecule has 2 aromatic heterocycles. The summed E-state index contributed by atoms with van der Waals surface area (Å²) in [5, 5.41) is 3.91. The molecule has 8 heteroatoms. The molecule has 1 fully saturated rings. The number of ether oxygens (including phenoxy) is 2. The molecule has 0 spiro atoms. The zero-order valence-electron chi connectivity index (χ0n) is 14.6. The van der Waals surface area contributed by atoms with Crippen molar-refractivity contribution in [2.45, 2.75) is 26.6 Å². The Kier molecular flexibility index (Phi) is 5.00. The van der Waals surface area contributed by atoms with Crippen LogP contribution in [0.2, 0.25) is 0 Å². The number of pyridine rings is 1. The Hall–Kier alpha value is -2.45. The number of hydrogen-bond acceptors (Lipinski definition) is 7. The standard InChI is InChI=1S/C17H22N4O4/c1-10-6-12(18)7-14(19-10)15-8-21(4-5-24-15)17(22)16-13(9-23-3)11(2)25-20-16/h6-7,15H,4-5,8-9H2,1-3H3,(H2,18,19)/t15-/m1/s1. The van der Waals surface area contributed by atoms with Gasteiger partial charge in [-0.1, -0.05) is 5.16 Å². The first kappa shape index (κ1) is 17.4. The molecule has 2 N–H and O–H groups in total. The molecule has 1 aliphatic heterocycles. The summed E-state index contributed by atoms with van der Waals surface area (Å²) < 4.78 is 16.1. The molecule has 0 unspecified atom stereocenters. The van der Waals surface area contributed by atoms with Crippen molar-refractivity contribution in [3.63, 3.8) is 0 Å². The minimum absolute atomic E-state index is 0.196. The maximum atomic E-state index is 12.9. The molecular formula is C17H22N4O4. The van der Waals surface area contributed by atoms with Crippen molar-refractivity contribution >= 4 is 11.6 Å². The van der Waals surface area contributed by atoms with Gasteiger partial charge in [-0.05, 0) is 26.0 Å². The van der Waals surface area contributed by atoms with Crippen molar-refractivity contribution in [3.05, 3.63) is 40.5 Å². The quantitative estimate of drug-likeness (QED) is 0.897. The van der Waals surface area contributed by atoms with E-state index in [-0.39, 0.29) is 24.3 Å². The van der Waals surface area contributed by atoms with Crippen LogP contribution >= 0.6 is 0 Å². The van der Waals surface area contributed by atoms with E-state index in [2.05, 4.69) is 10.1 Å². The van der Waals surface area contributed by atoms with Gasteiger partial charge < -0.3 is 24.6 Å². The van der Waals surface area contributed by atoms with Crippen LogP contribution in [0.15, 0.2) is 16.7 Å². The highest BCUT2D eigenvalue weighted by molar-refractivity contribution is 5.93. The summed E-state index contributed by atoms with van der Waals surface area (Å²) in [6.07, 6.45) is -0.321. The molecule has 1 aliphatic rings. The van der Waals surface area contributed by atoms with Crippen LogP contribution in [-0.4, -0.2) is 47.8 Å². The van der Waals surface area contributed by atoms with Crippen LogP contribution in [0.4, 0.5) is 5.69 Å². The number of rotatable bonds is 4. The molecule has 0 saturated carbocycles. The second-order valence-corrected chi connectivity index (χ2v) is 6.08. The predicted molar refractivity (Wildman–Crippen MR) is 89.9 cm³/mol. The fourth-order valence-electron chi connectivity index (χ4n) is 2.92. The van der Waals surface area contributed by atoms with Gasteiger partial charge in [0, 0.05) is 25.0 Å². The Morgan fingerprint density at radius 3 is 2.96 bits per heavy atom. The van der Waals surface area contributed by atoms with E-state index >= 15 is 0 Å². The smallest absolute Gasteiger partial charge is 0.276 e. The zero-order valence-corrected chi connectivity index (χ0v) is 14.6. The van der Waals surface area contributed by atoms with Crippen molar-refractivity contribution in [3.8, 4) is 0 Å². The highest BCUT2D eigenvalue weighted by Gasteiger charge is 2.30. The Balaban J connectivity index is 1.80. The number of nitrogens with zero attached hydrogens (tertiary/aromatic N) is 3. The minimum atomic E-state index is -0.321. The predicted octanol–water partition coefficient (Wildman–Crippen LogP) is 1.63. The van der Waals surface area contributed by atoms with Gasteiger partial charge in [0.2, 0.25) is 0 Å². The van der Waals surface area contributed by atoms with Crippen LogP contribution < -0.4 is 5.73 Å². The van der Waals surface area contributed by atoms with Crippen LogP contribution in [0.25, 0.3) is 0 Å². The molecule has 8 nitrogen and oxygen atoms in total. The first-order valence-corrected chi connectivity index (χ1v) is 8.08. The molecule has 0 radical (unpaired) electrons. The summed E-state index contributed by atoms with van der Waals surface area (Å²) in [6, 6.07) is 3.58. The number of carbonyl (C=O) groups excluding carboxylic acids is 1. The van der Waals surface area contributed by atoms with E-state index in [1.807, 2.05) is 6.92 Å². The van der Waals surface area contributed by atoms with Crippen LogP contribution in [-0.2, 0) is 16.1 Å². The number of methoxy groups -OCH3 is 1. The first-order chi connectivity index (χ1) is 12.0. The average molecular weight is 346 g/mol. The summed E-state index contributed by atoms with van der Waals surface area (Å²) in [5.74, 6) is 0.390. The fraction of sp³-hybridized carbons (Fsp3) is 0.471. The largest absolute Gasteiger partial charge is 0.399 e. The number of nitrogen functional groups attached to an aromatic ring is 1. The molecule has 1 atom stereocenters. The summed E-state index contributed by atoms with van der Waals surface area (Å²) in [7, 11) is 1.57. The van der Waals surface area contributed by atoms with E-state index in [1.165, 1.54) is 0 Å². The van der Waals surface area contributed by atoms with Crippen molar-refractivity contribution in [2.75, 3.05) is 32.5 Å². The highest BCUT2D eigenvalue weighted by Crippen LogP contribution is 2.25. The Labute approximate surface area is 145 Å². The topological polar surface area (TPSA) is 104 Å². The minimum Gasteiger partial charge on any atom is -0.399 e. The van der Waals surface area contributed by atoms with E-state index in [0.717, 1.165) is 11.4 Å². The van der Waals surface area contributed by atoms with E-state index in [0.29, 0.717) is 36.7 Å². The second-order valence-electron chi connectivity index (χ2n) is 6.08. The molecule has 2 aromatic rings. The van der Waals surface area contributed by atoms with Gasteiger partial charge in [-0.15, -0.1) is 0 Å². The number of amides is 1. The first-order valence-electron chi connectivity index (χ1n) is 8.08. The second kappa shape index (κ2) is 7.20. The zero-order chi connectivity index (χ0) is 18.0. The monoisotopic (exact) mass is 346 g/mol. The van der Waals surface area contributed by atoms with Crippen LogP contribution in [0.1, 0.15) is 39.3 Å². The lowest BCUT2D eigenvalue weighted by Crippen LogP contribution is -2.43. The van der Waals surface area contributed by atoms with Gasteiger partial charge in [-0.25, -0.2) is 0 Å². The van der Waals surface area contributed by atoms with Crippen molar-refractivity contribution in [1.82, 2.24) is 15.0 Å². The van der Waals surface area contributed by atoms with Gasteiger partial charge in [0.1, 0.15) is 11.9 Å². The average Bonchev–Trinajstić information content (AvgIpc) is 2.95. The number of aromatic nitrogens is 2. The molecule has 1 saturated heterocycles. The van der Waals surface area contributed by atoms with Gasteiger partial charge >= 0.3 is 0 Å². The lowest BCUT2D eigenvalue weighted by molar-refractivity contribution is -0.0251. The molecule has 25 heavy (non-hydrogen) atoms. The van der Waals surface area contributed by atoms with Crippen molar-refractivity contribution < 1.29 is 18.8 Å². The summed E-state index contributed by atoms with van der Waals surface area (Å²) in [4.78, 5) is 19.0. The van der Waals surface area contributed by atoms with Gasteiger partial charge in [-0.2, -0.15) is 0 Å². The Morgan fingerprint density at radius 2 is 2.24 bits per heavy atom. The van der Waals surface area contributed by atoms with E-state index in [9.17, 15) is 4.79 Å². The van der Waals surface area contributed by atoms with Gasteiger partial charge in [-0.3, -0.25) is 9.78 Å². The van der Waals surface area contributed by atoms with Gasteiger partial charge in [0.15, 0.2) is 5.69 Å². The molecule has 0 aliphatic carbocycles. The third-order valence-electron chi connectivity index (χ3n) is 4.16. The number of nitrogens with two attached hydrogens (primary N) is 1. The summed E-state index contributed by atoms with van der Waals surface area (Å²) >= 11 is 0. The maximum Gasteiger partial charge on any atom is 0.276 e.